The molecule has 0 bridgehead atoms. The van der Waals surface area contributed by atoms with Crippen LogP contribution in [-0.2, 0) is 5.92 Å². The molecule has 0 saturated carbocycles. The maximum absolute atomic E-state index is 13.7. The summed E-state index contributed by atoms with van der Waals surface area (Å²) in [5, 5.41) is 8.83. The van der Waals surface area contributed by atoms with Gasteiger partial charge in [-0.05, 0) is 18.2 Å². The summed E-state index contributed by atoms with van der Waals surface area (Å²) in [6, 6.07) is 4.10. The number of hydrogen-bond donors (Lipinski definition) is 1. The highest BCUT2D eigenvalue weighted by molar-refractivity contribution is 9.10. The first-order valence-corrected chi connectivity index (χ1v) is 6.25. The van der Waals surface area contributed by atoms with Crippen LogP contribution in [0.1, 0.15) is 18.9 Å². The van der Waals surface area contributed by atoms with Crippen molar-refractivity contribution in [3.05, 3.63) is 28.2 Å². The maximum atomic E-state index is 13.7. The molecule has 18 heavy (non-hydrogen) atoms. The minimum Gasteiger partial charge on any atom is -0.485 e. The molecule has 0 heterocycles. The summed E-state index contributed by atoms with van der Waals surface area (Å²) < 4.78 is 45.5. The van der Waals surface area contributed by atoms with Gasteiger partial charge in [-0.2, -0.15) is 0 Å². The third-order valence-electron chi connectivity index (χ3n) is 2.45. The highest BCUT2D eigenvalue weighted by Gasteiger charge is 2.33. The van der Waals surface area contributed by atoms with E-state index in [2.05, 4.69) is 15.9 Å². The van der Waals surface area contributed by atoms with Crippen LogP contribution in [0.2, 0.25) is 0 Å². The number of hydrogen-bond acceptors (Lipinski definition) is 2. The number of alkyl halides is 3. The summed E-state index contributed by atoms with van der Waals surface area (Å²) in [5.74, 6) is -3.17. The molecule has 0 aliphatic carbocycles. The van der Waals surface area contributed by atoms with Gasteiger partial charge in [-0.15, -0.1) is 0 Å². The molecule has 6 heteroatoms. The van der Waals surface area contributed by atoms with E-state index in [0.717, 1.165) is 0 Å². The number of aliphatic hydroxyl groups excluding tert-OH is 1. The van der Waals surface area contributed by atoms with Crippen molar-refractivity contribution in [3.8, 4) is 5.75 Å². The number of aliphatic hydroxyl groups is 1. The van der Waals surface area contributed by atoms with Crippen LogP contribution in [0.3, 0.4) is 0 Å². The van der Waals surface area contributed by atoms with E-state index in [9.17, 15) is 13.2 Å². The second-order valence-corrected chi connectivity index (χ2v) is 4.69. The minimum absolute atomic E-state index is 0.109. The fraction of sp³-hybridized carbons (Fsp3) is 0.500. The zero-order valence-electron chi connectivity index (χ0n) is 9.80. The first-order chi connectivity index (χ1) is 8.44. The molecule has 2 nitrogen and oxygen atoms in total. The van der Waals surface area contributed by atoms with Crippen molar-refractivity contribution in [3.63, 3.8) is 0 Å². The van der Waals surface area contributed by atoms with Gasteiger partial charge in [-0.1, -0.05) is 22.9 Å². The maximum Gasteiger partial charge on any atom is 0.276 e. The normalized spacial score (nSPS) is 13.4. The van der Waals surface area contributed by atoms with Crippen molar-refractivity contribution in [1.29, 1.82) is 0 Å². The Morgan fingerprint density at radius 2 is 2.11 bits per heavy atom. The Morgan fingerprint density at radius 1 is 1.44 bits per heavy atom. The first kappa shape index (κ1) is 15.3. The Balaban J connectivity index is 3.11. The monoisotopic (exact) mass is 326 g/mol. The highest BCUT2D eigenvalue weighted by atomic mass is 79.9. The second kappa shape index (κ2) is 6.43. The zero-order valence-corrected chi connectivity index (χ0v) is 11.4. The van der Waals surface area contributed by atoms with Crippen molar-refractivity contribution in [1.82, 2.24) is 0 Å². The van der Waals surface area contributed by atoms with Crippen LogP contribution in [-0.4, -0.2) is 24.5 Å². The lowest BCUT2D eigenvalue weighted by atomic mass is 10.1. The molecule has 0 unspecified atom stereocenters. The van der Waals surface area contributed by atoms with Gasteiger partial charge in [-0.25, -0.2) is 13.2 Å². The molecular weight excluding hydrogens is 313 g/mol. The Hall–Kier alpha value is -0.750. The molecule has 1 atom stereocenters. The summed E-state index contributed by atoms with van der Waals surface area (Å²) >= 11 is 3.11. The van der Waals surface area contributed by atoms with Crippen LogP contribution in [0.5, 0.6) is 5.75 Å². The lowest BCUT2D eigenvalue weighted by Gasteiger charge is -2.21. The SMILES string of the molecule is CCC(F)(F)c1cc(Br)ccc1O[C@H](CO)CF. The molecule has 1 rings (SSSR count). The molecule has 1 aromatic rings. The van der Waals surface area contributed by atoms with E-state index in [4.69, 9.17) is 9.84 Å². The van der Waals surface area contributed by atoms with E-state index in [0.29, 0.717) is 4.47 Å². The lowest BCUT2D eigenvalue weighted by molar-refractivity contribution is -0.0136. The molecule has 0 amide bonds. The van der Waals surface area contributed by atoms with Gasteiger partial charge in [0.25, 0.3) is 5.92 Å². The highest BCUT2D eigenvalue weighted by Crippen LogP contribution is 2.39. The van der Waals surface area contributed by atoms with Crippen LogP contribution in [0.4, 0.5) is 13.2 Å². The topological polar surface area (TPSA) is 29.5 Å². The average Bonchev–Trinajstić information content (AvgIpc) is 2.37. The minimum atomic E-state index is -3.06. The predicted octanol–water partition coefficient (Wildman–Crippen LogP) is 3.66. The third-order valence-corrected chi connectivity index (χ3v) is 2.94. The Bertz CT molecular complexity index is 395. The van der Waals surface area contributed by atoms with Gasteiger partial charge >= 0.3 is 0 Å². The molecule has 102 valence electrons. The standard InChI is InChI=1S/C12H14BrF3O2/c1-2-12(15,16)10-5-8(13)3-4-11(10)18-9(6-14)7-17/h3-5,9,17H,2,6-7H2,1H3/t9-/m0/s1. The fourth-order valence-corrected chi connectivity index (χ4v) is 1.74. The van der Waals surface area contributed by atoms with Gasteiger partial charge in [0.05, 0.1) is 12.2 Å². The molecule has 0 aliphatic heterocycles. The van der Waals surface area contributed by atoms with Crippen LogP contribution < -0.4 is 4.74 Å². The van der Waals surface area contributed by atoms with Crippen molar-refractivity contribution >= 4 is 15.9 Å². The molecule has 1 aromatic carbocycles. The number of halogens is 4. The summed E-state index contributed by atoms with van der Waals surface area (Å²) in [6.07, 6.45) is -1.52. The summed E-state index contributed by atoms with van der Waals surface area (Å²) in [7, 11) is 0. The van der Waals surface area contributed by atoms with Crippen LogP contribution >= 0.6 is 15.9 Å². The summed E-state index contributed by atoms with van der Waals surface area (Å²) in [5.41, 5.74) is -0.314. The molecule has 0 aliphatic rings. The second-order valence-electron chi connectivity index (χ2n) is 3.78. The molecular formula is C12H14BrF3O2. The van der Waals surface area contributed by atoms with Crippen molar-refractivity contribution < 1.29 is 23.0 Å². The number of rotatable bonds is 6. The van der Waals surface area contributed by atoms with Crippen molar-refractivity contribution in [2.45, 2.75) is 25.4 Å². The van der Waals surface area contributed by atoms with E-state index < -0.39 is 25.3 Å². The third kappa shape index (κ3) is 3.62. The van der Waals surface area contributed by atoms with E-state index in [1.807, 2.05) is 0 Å². The Labute approximate surface area is 112 Å². The quantitative estimate of drug-likeness (QED) is 0.864. The van der Waals surface area contributed by atoms with E-state index in [-0.39, 0.29) is 17.7 Å². The summed E-state index contributed by atoms with van der Waals surface area (Å²) in [4.78, 5) is 0. The molecule has 0 saturated heterocycles. The molecule has 0 fully saturated rings. The van der Waals surface area contributed by atoms with Gasteiger partial charge in [0.2, 0.25) is 0 Å². The molecule has 1 N–H and O–H groups in total. The number of ether oxygens (including phenoxy) is 1. The lowest BCUT2D eigenvalue weighted by Crippen LogP contribution is -2.25. The number of benzene rings is 1. The molecule has 0 radical (unpaired) electrons. The predicted molar refractivity (Wildman–Crippen MR) is 65.8 cm³/mol. The van der Waals surface area contributed by atoms with Crippen molar-refractivity contribution in [2.75, 3.05) is 13.3 Å². The Kier molecular flexibility index (Phi) is 5.47. The van der Waals surface area contributed by atoms with Crippen LogP contribution in [0.15, 0.2) is 22.7 Å². The average molecular weight is 327 g/mol. The van der Waals surface area contributed by atoms with Gasteiger partial charge in [-0.3, -0.25) is 0 Å². The Morgan fingerprint density at radius 3 is 2.61 bits per heavy atom. The van der Waals surface area contributed by atoms with Crippen LogP contribution in [0, 0.1) is 0 Å². The van der Waals surface area contributed by atoms with Gasteiger partial charge in [0, 0.05) is 10.9 Å². The largest absolute Gasteiger partial charge is 0.485 e. The van der Waals surface area contributed by atoms with E-state index in [1.165, 1.54) is 25.1 Å². The summed E-state index contributed by atoms with van der Waals surface area (Å²) in [6.45, 7) is -0.156. The van der Waals surface area contributed by atoms with E-state index >= 15 is 0 Å². The van der Waals surface area contributed by atoms with Crippen LogP contribution in [0.25, 0.3) is 0 Å². The van der Waals surface area contributed by atoms with E-state index in [1.54, 1.807) is 0 Å². The first-order valence-electron chi connectivity index (χ1n) is 5.46. The van der Waals surface area contributed by atoms with Gasteiger partial charge < -0.3 is 9.84 Å². The molecule has 0 spiro atoms. The smallest absolute Gasteiger partial charge is 0.276 e. The zero-order chi connectivity index (χ0) is 13.8. The van der Waals surface area contributed by atoms with Gasteiger partial charge in [0.15, 0.2) is 0 Å². The van der Waals surface area contributed by atoms with Crippen molar-refractivity contribution in [2.24, 2.45) is 0 Å². The van der Waals surface area contributed by atoms with Gasteiger partial charge in [0.1, 0.15) is 18.5 Å². The molecule has 0 aromatic heterocycles. The fourth-order valence-electron chi connectivity index (χ4n) is 1.38.